The van der Waals surface area contributed by atoms with Crippen molar-refractivity contribution in [1.82, 2.24) is 4.90 Å². The van der Waals surface area contributed by atoms with Gasteiger partial charge in [-0.2, -0.15) is 0 Å². The molecule has 2 aliphatic heterocycles. The number of benzene rings is 3. The fraction of sp³-hybridized carbons (Fsp3) is 0.280. The SMILES string of the molecule is Fc1ccc(-c2ccc3c(c2)C2CC3CCN2Cc2ccc3c(c2)OCO3)cc1. The van der Waals surface area contributed by atoms with Gasteiger partial charge < -0.3 is 9.47 Å². The summed E-state index contributed by atoms with van der Waals surface area (Å²) >= 11 is 0. The zero-order valence-corrected chi connectivity index (χ0v) is 16.1. The number of rotatable bonds is 3. The molecule has 2 atom stereocenters. The first-order valence-corrected chi connectivity index (χ1v) is 10.3. The van der Waals surface area contributed by atoms with Crippen LogP contribution in [0.3, 0.4) is 0 Å². The van der Waals surface area contributed by atoms with Gasteiger partial charge >= 0.3 is 0 Å². The fourth-order valence-electron chi connectivity index (χ4n) is 5.14. The monoisotopic (exact) mass is 387 g/mol. The lowest BCUT2D eigenvalue weighted by Gasteiger charge is -2.33. The summed E-state index contributed by atoms with van der Waals surface area (Å²) in [6.45, 7) is 2.32. The van der Waals surface area contributed by atoms with E-state index >= 15 is 0 Å². The maximum atomic E-state index is 13.3. The second-order valence-corrected chi connectivity index (χ2v) is 8.25. The number of halogens is 1. The minimum Gasteiger partial charge on any atom is -0.454 e. The van der Waals surface area contributed by atoms with Crippen LogP contribution in [0.5, 0.6) is 11.5 Å². The lowest BCUT2D eigenvalue weighted by Crippen LogP contribution is -2.31. The quantitative estimate of drug-likeness (QED) is 0.579. The highest BCUT2D eigenvalue weighted by atomic mass is 19.1. The number of likely N-dealkylation sites (tertiary alicyclic amines) is 1. The molecule has 6 rings (SSSR count). The smallest absolute Gasteiger partial charge is 0.231 e. The number of fused-ring (bicyclic) bond motifs is 6. The Hall–Kier alpha value is -2.85. The first-order valence-electron chi connectivity index (χ1n) is 10.3. The Morgan fingerprint density at radius 1 is 0.862 bits per heavy atom. The van der Waals surface area contributed by atoms with Crippen molar-refractivity contribution < 1.29 is 13.9 Å². The van der Waals surface area contributed by atoms with Gasteiger partial charge in [-0.05, 0) is 83.5 Å². The molecule has 2 heterocycles. The summed E-state index contributed by atoms with van der Waals surface area (Å²) in [6, 6.07) is 20.3. The molecule has 146 valence electrons. The second-order valence-electron chi connectivity index (χ2n) is 8.25. The van der Waals surface area contributed by atoms with Crippen molar-refractivity contribution in [2.45, 2.75) is 31.3 Å². The summed E-state index contributed by atoms with van der Waals surface area (Å²) in [5.41, 5.74) is 6.43. The van der Waals surface area contributed by atoms with Crippen molar-refractivity contribution in [3.63, 3.8) is 0 Å². The molecule has 0 saturated carbocycles. The Balaban J connectivity index is 1.31. The van der Waals surface area contributed by atoms with Crippen LogP contribution >= 0.6 is 0 Å². The predicted octanol–water partition coefficient (Wildman–Crippen LogP) is 5.66. The zero-order chi connectivity index (χ0) is 19.4. The van der Waals surface area contributed by atoms with Gasteiger partial charge in [0.2, 0.25) is 6.79 Å². The number of piperidine rings is 1. The van der Waals surface area contributed by atoms with Gasteiger partial charge in [-0.25, -0.2) is 4.39 Å². The topological polar surface area (TPSA) is 21.7 Å². The summed E-state index contributed by atoms with van der Waals surface area (Å²) < 4.78 is 24.3. The van der Waals surface area contributed by atoms with Crippen LogP contribution in [0.4, 0.5) is 4.39 Å². The van der Waals surface area contributed by atoms with E-state index in [9.17, 15) is 4.39 Å². The standard InChI is InChI=1S/C25H22FNO2/c26-20-5-2-17(3-6-20)18-4-7-21-19-9-10-27(23(13-19)22(21)12-18)14-16-1-8-24-25(11-16)29-15-28-24/h1-8,11-12,19,23H,9-10,13-15H2. The molecule has 2 bridgehead atoms. The molecule has 3 aliphatic rings. The van der Waals surface area contributed by atoms with E-state index in [0.29, 0.717) is 18.8 Å². The van der Waals surface area contributed by atoms with Gasteiger partial charge in [-0.3, -0.25) is 4.90 Å². The van der Waals surface area contributed by atoms with E-state index in [1.165, 1.54) is 47.2 Å². The van der Waals surface area contributed by atoms with Crippen molar-refractivity contribution >= 4 is 0 Å². The molecule has 0 radical (unpaired) electrons. The maximum Gasteiger partial charge on any atom is 0.231 e. The lowest BCUT2D eigenvalue weighted by molar-refractivity contribution is 0.144. The molecule has 3 aromatic rings. The van der Waals surface area contributed by atoms with Crippen LogP contribution in [-0.4, -0.2) is 18.2 Å². The molecule has 0 aromatic heterocycles. The van der Waals surface area contributed by atoms with Crippen molar-refractivity contribution in [3.05, 3.63) is 83.2 Å². The van der Waals surface area contributed by atoms with Crippen molar-refractivity contribution in [1.29, 1.82) is 0 Å². The number of nitrogens with zero attached hydrogens (tertiary/aromatic N) is 1. The first-order chi connectivity index (χ1) is 14.2. The van der Waals surface area contributed by atoms with Crippen LogP contribution in [0.25, 0.3) is 11.1 Å². The Morgan fingerprint density at radius 3 is 2.59 bits per heavy atom. The predicted molar refractivity (Wildman–Crippen MR) is 110 cm³/mol. The number of hydrogen-bond donors (Lipinski definition) is 0. The number of ether oxygens (including phenoxy) is 2. The number of hydrogen-bond acceptors (Lipinski definition) is 3. The molecular weight excluding hydrogens is 365 g/mol. The molecule has 0 amide bonds. The average Bonchev–Trinajstić information content (AvgIpc) is 3.33. The molecule has 1 saturated heterocycles. The van der Waals surface area contributed by atoms with Crippen LogP contribution in [0.2, 0.25) is 0 Å². The average molecular weight is 387 g/mol. The van der Waals surface area contributed by atoms with E-state index in [4.69, 9.17) is 9.47 Å². The van der Waals surface area contributed by atoms with Crippen molar-refractivity contribution in [2.75, 3.05) is 13.3 Å². The third-order valence-electron chi connectivity index (χ3n) is 6.60. The molecule has 29 heavy (non-hydrogen) atoms. The van der Waals surface area contributed by atoms with E-state index in [-0.39, 0.29) is 5.82 Å². The normalized spacial score (nSPS) is 22.0. The Kier molecular flexibility index (Phi) is 3.88. The highest BCUT2D eigenvalue weighted by Crippen LogP contribution is 2.50. The van der Waals surface area contributed by atoms with Crippen LogP contribution in [0.15, 0.2) is 60.7 Å². The zero-order valence-electron chi connectivity index (χ0n) is 16.1. The van der Waals surface area contributed by atoms with Gasteiger partial charge in [0.15, 0.2) is 11.5 Å². The molecule has 2 unspecified atom stereocenters. The van der Waals surface area contributed by atoms with Crippen LogP contribution in [0, 0.1) is 5.82 Å². The highest BCUT2D eigenvalue weighted by molar-refractivity contribution is 5.66. The summed E-state index contributed by atoms with van der Waals surface area (Å²) in [4.78, 5) is 2.59. The second kappa shape index (κ2) is 6.60. The minimum absolute atomic E-state index is 0.194. The molecular formula is C25H22FNO2. The highest BCUT2D eigenvalue weighted by Gasteiger charge is 2.38. The van der Waals surface area contributed by atoms with Gasteiger partial charge in [-0.15, -0.1) is 0 Å². The first kappa shape index (κ1) is 17.0. The third-order valence-corrected chi connectivity index (χ3v) is 6.60. The molecule has 1 aliphatic carbocycles. The fourth-order valence-corrected chi connectivity index (χ4v) is 5.14. The summed E-state index contributed by atoms with van der Waals surface area (Å²) in [7, 11) is 0. The summed E-state index contributed by atoms with van der Waals surface area (Å²) in [6.07, 6.45) is 2.39. The molecule has 4 heteroatoms. The van der Waals surface area contributed by atoms with Gasteiger partial charge in [0.25, 0.3) is 0 Å². The molecule has 3 aromatic carbocycles. The minimum atomic E-state index is -0.194. The Bertz CT molecular complexity index is 1080. The van der Waals surface area contributed by atoms with E-state index in [1.54, 1.807) is 0 Å². The Labute approximate surface area is 169 Å². The van der Waals surface area contributed by atoms with Gasteiger partial charge in [0, 0.05) is 12.6 Å². The van der Waals surface area contributed by atoms with E-state index in [0.717, 1.165) is 30.2 Å². The molecule has 1 fully saturated rings. The molecule has 0 spiro atoms. The van der Waals surface area contributed by atoms with E-state index in [1.807, 2.05) is 18.2 Å². The third kappa shape index (κ3) is 2.90. The Morgan fingerprint density at radius 2 is 1.69 bits per heavy atom. The van der Waals surface area contributed by atoms with Crippen LogP contribution in [0.1, 0.15) is 41.5 Å². The van der Waals surface area contributed by atoms with Gasteiger partial charge in [0.05, 0.1) is 0 Å². The van der Waals surface area contributed by atoms with Crippen LogP contribution < -0.4 is 9.47 Å². The summed E-state index contributed by atoms with van der Waals surface area (Å²) in [5.74, 6) is 2.15. The van der Waals surface area contributed by atoms with E-state index in [2.05, 4.69) is 35.2 Å². The largest absolute Gasteiger partial charge is 0.454 e. The lowest BCUT2D eigenvalue weighted by atomic mass is 9.94. The van der Waals surface area contributed by atoms with Gasteiger partial charge in [-0.1, -0.05) is 30.3 Å². The van der Waals surface area contributed by atoms with Crippen molar-refractivity contribution in [2.24, 2.45) is 0 Å². The van der Waals surface area contributed by atoms with Gasteiger partial charge in [0.1, 0.15) is 5.82 Å². The summed E-state index contributed by atoms with van der Waals surface area (Å²) in [5, 5.41) is 0. The van der Waals surface area contributed by atoms with E-state index < -0.39 is 0 Å². The van der Waals surface area contributed by atoms with Crippen LogP contribution in [-0.2, 0) is 6.54 Å². The molecule has 3 nitrogen and oxygen atoms in total. The molecule has 0 N–H and O–H groups in total. The van der Waals surface area contributed by atoms with Crippen molar-refractivity contribution in [3.8, 4) is 22.6 Å². The maximum absolute atomic E-state index is 13.3.